The predicted molar refractivity (Wildman–Crippen MR) is 160 cm³/mol. The lowest BCUT2D eigenvalue weighted by Gasteiger charge is -2.33. The molecule has 2 aromatic heterocycles. The highest BCUT2D eigenvalue weighted by atomic mass is 32.1. The molecule has 0 aliphatic carbocycles. The Kier molecular flexibility index (Phi) is 8.52. The molecular weight excluding hydrogens is 522 g/mol. The van der Waals surface area contributed by atoms with Crippen LogP contribution in [-0.4, -0.2) is 72.1 Å². The smallest absolute Gasteiger partial charge is 0.304 e. The van der Waals surface area contributed by atoms with E-state index in [-0.39, 0.29) is 12.3 Å². The van der Waals surface area contributed by atoms with Gasteiger partial charge in [0.15, 0.2) is 5.13 Å². The second-order valence-electron chi connectivity index (χ2n) is 10.1. The van der Waals surface area contributed by atoms with Gasteiger partial charge in [-0.05, 0) is 36.7 Å². The maximum atomic E-state index is 13.4. The zero-order valence-corrected chi connectivity index (χ0v) is 23.6. The van der Waals surface area contributed by atoms with Gasteiger partial charge in [-0.3, -0.25) is 14.5 Å². The lowest BCUT2D eigenvalue weighted by molar-refractivity contribution is -0.140. The molecule has 0 saturated carbocycles. The van der Waals surface area contributed by atoms with Gasteiger partial charge in [0.2, 0.25) is 5.91 Å². The summed E-state index contributed by atoms with van der Waals surface area (Å²) in [6, 6.07) is 21.7. The minimum absolute atomic E-state index is 0.240. The van der Waals surface area contributed by atoms with Crippen molar-refractivity contribution in [1.29, 1.82) is 0 Å². The summed E-state index contributed by atoms with van der Waals surface area (Å²) in [6.07, 6.45) is 2.03. The number of carboxylic acids is 1. The summed E-state index contributed by atoms with van der Waals surface area (Å²) in [6.45, 7) is 3.98. The van der Waals surface area contributed by atoms with Gasteiger partial charge >= 0.3 is 5.97 Å². The second-order valence-corrected chi connectivity index (χ2v) is 11.0. The van der Waals surface area contributed by atoms with Crippen LogP contribution in [0.5, 0.6) is 0 Å². The number of thiazole rings is 1. The highest BCUT2D eigenvalue weighted by molar-refractivity contribution is 7.14. The number of likely N-dealkylation sites (N-methyl/N-ethyl adjacent to an activating group) is 1. The Morgan fingerprint density at radius 2 is 1.68 bits per heavy atom. The van der Waals surface area contributed by atoms with Crippen molar-refractivity contribution in [2.24, 2.45) is 5.92 Å². The summed E-state index contributed by atoms with van der Waals surface area (Å²) >= 11 is 1.37. The summed E-state index contributed by atoms with van der Waals surface area (Å²) in [5, 5.41) is 11.9. The van der Waals surface area contributed by atoms with Crippen LogP contribution in [0.15, 0.2) is 78.3 Å². The molecule has 1 atom stereocenters. The molecule has 0 unspecified atom stereocenters. The van der Waals surface area contributed by atoms with Crippen molar-refractivity contribution < 1.29 is 14.7 Å². The van der Waals surface area contributed by atoms with Crippen LogP contribution in [0.4, 0.5) is 10.9 Å². The summed E-state index contributed by atoms with van der Waals surface area (Å²) in [5.41, 5.74) is 4.65. The molecule has 9 heteroatoms. The van der Waals surface area contributed by atoms with Crippen LogP contribution in [0.1, 0.15) is 12.0 Å². The monoisotopic (exact) mass is 555 g/mol. The molecule has 0 bridgehead atoms. The second kappa shape index (κ2) is 12.4. The Balaban J connectivity index is 1.35. The number of anilines is 2. The van der Waals surface area contributed by atoms with Gasteiger partial charge in [0.25, 0.3) is 0 Å². The lowest BCUT2D eigenvalue weighted by atomic mass is 9.95. The molecule has 1 aliphatic rings. The van der Waals surface area contributed by atoms with Crippen molar-refractivity contribution in [1.82, 2.24) is 14.9 Å². The van der Waals surface area contributed by atoms with Crippen LogP contribution in [0.3, 0.4) is 0 Å². The number of pyridine rings is 1. The number of rotatable bonds is 9. The third-order valence-corrected chi connectivity index (χ3v) is 8.21. The first-order chi connectivity index (χ1) is 19.4. The van der Waals surface area contributed by atoms with E-state index in [0.29, 0.717) is 11.6 Å². The lowest BCUT2D eigenvalue weighted by Crippen LogP contribution is -2.44. The minimum Gasteiger partial charge on any atom is -0.481 e. The van der Waals surface area contributed by atoms with E-state index in [2.05, 4.69) is 35.0 Å². The molecule has 3 heterocycles. The van der Waals surface area contributed by atoms with Crippen LogP contribution >= 0.6 is 11.3 Å². The van der Waals surface area contributed by atoms with Gasteiger partial charge in [0.1, 0.15) is 5.82 Å². The third-order valence-electron chi connectivity index (χ3n) is 7.29. The number of piperazine rings is 1. The molecule has 2 aromatic carbocycles. The number of hydrogen-bond acceptors (Lipinski definition) is 7. The molecule has 1 saturated heterocycles. The number of nitrogens with zero attached hydrogens (tertiary/aromatic N) is 5. The van der Waals surface area contributed by atoms with Gasteiger partial charge in [0, 0.05) is 55.9 Å². The third kappa shape index (κ3) is 6.38. The quantitative estimate of drug-likeness (QED) is 0.314. The molecule has 40 heavy (non-hydrogen) atoms. The topological polar surface area (TPSA) is 89.9 Å². The fourth-order valence-corrected chi connectivity index (χ4v) is 5.79. The maximum Gasteiger partial charge on any atom is 0.304 e. The van der Waals surface area contributed by atoms with Crippen molar-refractivity contribution in [3.8, 4) is 22.4 Å². The van der Waals surface area contributed by atoms with E-state index in [1.54, 1.807) is 7.05 Å². The zero-order valence-electron chi connectivity index (χ0n) is 22.7. The highest BCUT2D eigenvalue weighted by Gasteiger charge is 2.27. The van der Waals surface area contributed by atoms with Crippen molar-refractivity contribution in [2.45, 2.75) is 12.8 Å². The predicted octanol–water partition coefficient (Wildman–Crippen LogP) is 4.92. The summed E-state index contributed by atoms with van der Waals surface area (Å²) in [5.74, 6) is -0.959. The average Bonchev–Trinajstić information content (AvgIpc) is 3.47. The standard InChI is InChI=1S/C31H33N5O3S/c1-34-14-16-36(17-15-34)28-13-12-23(20-32-28)25-10-6-7-11-26(25)27-21-40-31(33-27)35(2)30(39)24(19-29(37)38)18-22-8-4-3-5-9-22/h3-13,20-21,24H,14-19H2,1-2H3,(H,37,38)/t24-/m1/s1. The largest absolute Gasteiger partial charge is 0.481 e. The van der Waals surface area contributed by atoms with E-state index in [0.717, 1.165) is 59.9 Å². The first-order valence-corrected chi connectivity index (χ1v) is 14.2. The fourth-order valence-electron chi connectivity index (χ4n) is 4.99. The molecule has 206 valence electrons. The van der Waals surface area contributed by atoms with Crippen LogP contribution in [0.25, 0.3) is 22.4 Å². The van der Waals surface area contributed by atoms with Crippen molar-refractivity contribution in [3.63, 3.8) is 0 Å². The first-order valence-electron chi connectivity index (χ1n) is 13.4. The maximum absolute atomic E-state index is 13.4. The summed E-state index contributed by atoms with van der Waals surface area (Å²) in [7, 11) is 3.80. The van der Waals surface area contributed by atoms with E-state index < -0.39 is 11.9 Å². The molecule has 5 rings (SSSR count). The minimum atomic E-state index is -0.997. The van der Waals surface area contributed by atoms with Crippen molar-refractivity contribution >= 4 is 34.2 Å². The number of benzene rings is 2. The Morgan fingerprint density at radius 1 is 0.975 bits per heavy atom. The molecule has 1 aliphatic heterocycles. The Bertz CT molecular complexity index is 1450. The van der Waals surface area contributed by atoms with Crippen LogP contribution in [0.2, 0.25) is 0 Å². The van der Waals surface area contributed by atoms with E-state index >= 15 is 0 Å². The van der Waals surface area contributed by atoms with Gasteiger partial charge in [0.05, 0.1) is 18.0 Å². The number of hydrogen-bond donors (Lipinski definition) is 1. The van der Waals surface area contributed by atoms with E-state index in [4.69, 9.17) is 9.97 Å². The van der Waals surface area contributed by atoms with Gasteiger partial charge in [-0.25, -0.2) is 9.97 Å². The van der Waals surface area contributed by atoms with Crippen molar-refractivity contribution in [3.05, 3.63) is 83.9 Å². The van der Waals surface area contributed by atoms with Crippen molar-refractivity contribution in [2.75, 3.05) is 50.1 Å². The van der Waals surface area contributed by atoms with Gasteiger partial charge in [-0.2, -0.15) is 0 Å². The molecule has 0 radical (unpaired) electrons. The molecule has 8 nitrogen and oxygen atoms in total. The van der Waals surface area contributed by atoms with Gasteiger partial charge in [-0.15, -0.1) is 11.3 Å². The van der Waals surface area contributed by atoms with E-state index in [9.17, 15) is 14.7 Å². The normalized spacial score (nSPS) is 14.6. The first kappa shape index (κ1) is 27.5. The Hall–Kier alpha value is -4.08. The Labute approximate surface area is 238 Å². The molecular formula is C31H33N5O3S. The Morgan fingerprint density at radius 3 is 2.35 bits per heavy atom. The van der Waals surface area contributed by atoms with Crippen LogP contribution in [0, 0.1) is 5.92 Å². The van der Waals surface area contributed by atoms with Gasteiger partial charge in [-0.1, -0.05) is 54.6 Å². The zero-order chi connectivity index (χ0) is 28.1. The van der Waals surface area contributed by atoms with Gasteiger partial charge < -0.3 is 14.9 Å². The molecule has 0 spiro atoms. The SMILES string of the molecule is CN1CCN(c2ccc(-c3ccccc3-c3csc(N(C)C(=O)[C@@H](CC(=O)O)Cc4ccccc4)n3)cn2)CC1. The van der Waals surface area contributed by atoms with Crippen LogP contribution in [-0.2, 0) is 16.0 Å². The molecule has 1 amide bonds. The van der Waals surface area contributed by atoms with E-state index in [1.165, 1.54) is 16.2 Å². The van der Waals surface area contributed by atoms with E-state index in [1.807, 2.05) is 60.1 Å². The molecule has 1 fully saturated rings. The summed E-state index contributed by atoms with van der Waals surface area (Å²) in [4.78, 5) is 40.6. The molecule has 4 aromatic rings. The number of carbonyl (C=O) groups excluding carboxylic acids is 1. The fraction of sp³-hybridized carbons (Fsp3) is 0.290. The number of aromatic nitrogens is 2. The number of carboxylic acid groups (broad SMARTS) is 1. The number of carbonyl (C=O) groups is 2. The highest BCUT2D eigenvalue weighted by Crippen LogP contribution is 2.35. The van der Waals surface area contributed by atoms with Crippen LogP contribution < -0.4 is 9.80 Å². The summed E-state index contributed by atoms with van der Waals surface area (Å²) < 4.78 is 0. The number of amides is 1. The molecule has 1 N–H and O–H groups in total. The average molecular weight is 556 g/mol. The number of aliphatic carboxylic acids is 1.